The second-order valence-electron chi connectivity index (χ2n) is 7.91. The third-order valence-corrected chi connectivity index (χ3v) is 5.75. The zero-order chi connectivity index (χ0) is 19.1. The monoisotopic (exact) mass is 371 g/mol. The molecule has 0 unspecified atom stereocenters. The number of aryl methyl sites for hydroxylation is 1. The topological polar surface area (TPSA) is 51.3 Å². The van der Waals surface area contributed by atoms with Crippen LogP contribution in [0.1, 0.15) is 70.3 Å². The summed E-state index contributed by atoms with van der Waals surface area (Å²) in [4.78, 5) is 13.5. The molecule has 1 aliphatic heterocycles. The van der Waals surface area contributed by atoms with Crippen molar-refractivity contribution in [2.45, 2.75) is 77.8 Å². The van der Waals surface area contributed by atoms with Crippen molar-refractivity contribution in [1.29, 1.82) is 0 Å². The van der Waals surface area contributed by atoms with E-state index in [4.69, 9.17) is 0 Å². The molecule has 0 bridgehead atoms. The van der Waals surface area contributed by atoms with Crippen molar-refractivity contribution in [2.24, 2.45) is 0 Å². The summed E-state index contributed by atoms with van der Waals surface area (Å²) in [5.74, 6) is 0. The Kier molecular flexibility index (Phi) is 7.27. The first-order valence-corrected chi connectivity index (χ1v) is 10.7. The molecule has 27 heavy (non-hydrogen) atoms. The average Bonchev–Trinajstić information content (AvgIpc) is 3.02. The maximum absolute atomic E-state index is 11.2. The fraction of sp³-hybridized carbons (Fsp3) is 0.636. The second-order valence-corrected chi connectivity index (χ2v) is 7.91. The molecule has 0 radical (unpaired) electrons. The summed E-state index contributed by atoms with van der Waals surface area (Å²) in [6.45, 7) is 6.47. The molecule has 1 aliphatic rings. The van der Waals surface area contributed by atoms with Crippen LogP contribution in [0, 0.1) is 10.1 Å². The highest BCUT2D eigenvalue weighted by Gasteiger charge is 2.17. The lowest BCUT2D eigenvalue weighted by Gasteiger charge is -2.26. The molecule has 0 N–H and O–H groups in total. The summed E-state index contributed by atoms with van der Waals surface area (Å²) in [6.07, 6.45) is 13.7. The van der Waals surface area contributed by atoms with Gasteiger partial charge in [-0.05, 0) is 44.0 Å². The van der Waals surface area contributed by atoms with E-state index < -0.39 is 0 Å². The molecule has 5 nitrogen and oxygen atoms in total. The normalized spacial score (nSPS) is 15.4. The van der Waals surface area contributed by atoms with E-state index in [0.717, 1.165) is 38.1 Å². The first-order chi connectivity index (χ1) is 13.2. The predicted molar refractivity (Wildman–Crippen MR) is 111 cm³/mol. The number of hydrogen-bond acceptors (Lipinski definition) is 3. The van der Waals surface area contributed by atoms with E-state index >= 15 is 0 Å². The van der Waals surface area contributed by atoms with E-state index in [9.17, 15) is 10.1 Å². The predicted octanol–water partition coefficient (Wildman–Crippen LogP) is 5.90. The van der Waals surface area contributed by atoms with Gasteiger partial charge in [-0.25, -0.2) is 0 Å². The lowest BCUT2D eigenvalue weighted by atomic mass is 10.1. The van der Waals surface area contributed by atoms with Gasteiger partial charge in [0.15, 0.2) is 0 Å². The molecule has 148 valence electrons. The zero-order valence-electron chi connectivity index (χ0n) is 16.7. The minimum absolute atomic E-state index is 0.189. The van der Waals surface area contributed by atoms with Crippen molar-refractivity contribution in [3.8, 4) is 0 Å². The van der Waals surface area contributed by atoms with Crippen LogP contribution in [0.5, 0.6) is 0 Å². The first-order valence-electron chi connectivity index (χ1n) is 10.7. The molecule has 0 aliphatic carbocycles. The molecule has 0 amide bonds. The number of non-ortho nitro benzene ring substituents is 1. The largest absolute Gasteiger partial charge is 0.347 e. The van der Waals surface area contributed by atoms with Crippen molar-refractivity contribution in [1.82, 2.24) is 9.47 Å². The Morgan fingerprint density at radius 2 is 1.78 bits per heavy atom. The molecule has 0 atom stereocenters. The number of rotatable bonds is 10. The Hall–Kier alpha value is -1.88. The minimum atomic E-state index is -0.286. The lowest BCUT2D eigenvalue weighted by molar-refractivity contribution is -0.384. The maximum Gasteiger partial charge on any atom is 0.271 e. The number of hydrogen-bond donors (Lipinski definition) is 0. The smallest absolute Gasteiger partial charge is 0.271 e. The van der Waals surface area contributed by atoms with Crippen molar-refractivity contribution in [3.63, 3.8) is 0 Å². The van der Waals surface area contributed by atoms with Crippen LogP contribution in [-0.2, 0) is 13.1 Å². The van der Waals surface area contributed by atoms with Gasteiger partial charge in [-0.3, -0.25) is 15.0 Å². The van der Waals surface area contributed by atoms with Crippen LogP contribution in [0.15, 0.2) is 24.4 Å². The maximum atomic E-state index is 11.2. The van der Waals surface area contributed by atoms with Crippen LogP contribution in [0.25, 0.3) is 10.9 Å². The fourth-order valence-corrected chi connectivity index (χ4v) is 4.20. The molecule has 2 heterocycles. The number of benzene rings is 1. The summed E-state index contributed by atoms with van der Waals surface area (Å²) in [7, 11) is 0. The van der Waals surface area contributed by atoms with E-state index in [1.807, 2.05) is 6.07 Å². The van der Waals surface area contributed by atoms with Crippen molar-refractivity contribution in [3.05, 3.63) is 40.1 Å². The Bertz CT molecular complexity index is 747. The quantitative estimate of drug-likeness (QED) is 0.297. The van der Waals surface area contributed by atoms with Gasteiger partial charge in [0, 0.05) is 36.8 Å². The second kappa shape index (κ2) is 9.88. The minimum Gasteiger partial charge on any atom is -0.347 e. The molecule has 0 saturated carbocycles. The Morgan fingerprint density at radius 1 is 1.04 bits per heavy atom. The molecule has 5 heteroatoms. The highest BCUT2D eigenvalue weighted by molar-refractivity contribution is 5.86. The Morgan fingerprint density at radius 3 is 2.52 bits per heavy atom. The highest BCUT2D eigenvalue weighted by Crippen LogP contribution is 2.28. The third kappa shape index (κ3) is 5.32. The summed E-state index contributed by atoms with van der Waals surface area (Å²) in [6, 6.07) is 5.35. The van der Waals surface area contributed by atoms with E-state index in [-0.39, 0.29) is 10.6 Å². The van der Waals surface area contributed by atoms with Crippen LogP contribution >= 0.6 is 0 Å². The van der Waals surface area contributed by atoms with Crippen LogP contribution in [0.4, 0.5) is 5.69 Å². The van der Waals surface area contributed by atoms with Crippen LogP contribution in [-0.4, -0.2) is 27.5 Å². The van der Waals surface area contributed by atoms with Crippen molar-refractivity contribution >= 4 is 16.6 Å². The lowest BCUT2D eigenvalue weighted by Crippen LogP contribution is -2.28. The van der Waals surface area contributed by atoms with E-state index in [0.29, 0.717) is 0 Å². The molecular formula is C22H33N3O2. The Balaban J connectivity index is 1.75. The molecule has 2 aromatic rings. The average molecular weight is 372 g/mol. The Labute approximate surface area is 162 Å². The van der Waals surface area contributed by atoms with Crippen molar-refractivity contribution < 1.29 is 4.92 Å². The number of likely N-dealkylation sites (tertiary alicyclic amines) is 1. The number of fused-ring (bicyclic) bond motifs is 1. The third-order valence-electron chi connectivity index (χ3n) is 5.75. The molecule has 3 rings (SSSR count). The molecule has 1 aromatic carbocycles. The van der Waals surface area contributed by atoms with Gasteiger partial charge in [0.1, 0.15) is 0 Å². The number of piperidine rings is 1. The van der Waals surface area contributed by atoms with Crippen LogP contribution in [0.2, 0.25) is 0 Å². The zero-order valence-corrected chi connectivity index (χ0v) is 16.7. The van der Waals surface area contributed by atoms with E-state index in [2.05, 4.69) is 22.6 Å². The summed E-state index contributed by atoms with van der Waals surface area (Å²) in [5, 5.41) is 12.4. The van der Waals surface area contributed by atoms with E-state index in [1.165, 1.54) is 62.3 Å². The summed E-state index contributed by atoms with van der Waals surface area (Å²) >= 11 is 0. The number of nitro benzene ring substituents is 1. The highest BCUT2D eigenvalue weighted by atomic mass is 16.6. The van der Waals surface area contributed by atoms with Crippen molar-refractivity contribution in [2.75, 3.05) is 13.1 Å². The van der Waals surface area contributed by atoms with Gasteiger partial charge in [0.25, 0.3) is 5.69 Å². The van der Waals surface area contributed by atoms with Crippen LogP contribution in [0.3, 0.4) is 0 Å². The van der Waals surface area contributed by atoms with Gasteiger partial charge in [0.05, 0.1) is 10.4 Å². The fourth-order valence-electron chi connectivity index (χ4n) is 4.20. The van der Waals surface area contributed by atoms with Crippen LogP contribution < -0.4 is 0 Å². The first kappa shape index (κ1) is 19.9. The molecule has 1 saturated heterocycles. The number of unbranched alkanes of at least 4 members (excludes halogenated alkanes) is 5. The van der Waals surface area contributed by atoms with E-state index in [1.54, 1.807) is 12.1 Å². The summed E-state index contributed by atoms with van der Waals surface area (Å²) < 4.78 is 2.25. The summed E-state index contributed by atoms with van der Waals surface area (Å²) in [5.41, 5.74) is 2.52. The molecule has 1 fully saturated rings. The number of aromatic nitrogens is 1. The number of nitrogens with zero attached hydrogens (tertiary/aromatic N) is 3. The van der Waals surface area contributed by atoms with Gasteiger partial charge in [-0.1, -0.05) is 45.4 Å². The molecular weight excluding hydrogens is 338 g/mol. The van der Waals surface area contributed by atoms with Gasteiger partial charge in [-0.15, -0.1) is 0 Å². The van der Waals surface area contributed by atoms with Gasteiger partial charge < -0.3 is 4.57 Å². The van der Waals surface area contributed by atoms with Gasteiger partial charge in [0.2, 0.25) is 0 Å². The standard InChI is InChI=1S/C22H33N3O2/c1-2-3-4-5-6-10-15-24-18-19(17-23-13-8-7-9-14-23)21-12-11-20(25(26)27)16-22(21)24/h11-12,16,18H,2-10,13-15,17H2,1H3. The SMILES string of the molecule is CCCCCCCCn1cc(CN2CCCCC2)c2ccc([N+](=O)[O-])cc21. The van der Waals surface area contributed by atoms with Gasteiger partial charge in [-0.2, -0.15) is 0 Å². The van der Waals surface area contributed by atoms with Gasteiger partial charge >= 0.3 is 0 Å². The number of nitro groups is 1. The molecule has 1 aromatic heterocycles. The molecule has 0 spiro atoms.